The van der Waals surface area contributed by atoms with Crippen LogP contribution in [0.2, 0.25) is 5.02 Å². The van der Waals surface area contributed by atoms with E-state index in [1.807, 2.05) is 32.0 Å². The first-order chi connectivity index (χ1) is 9.50. The summed E-state index contributed by atoms with van der Waals surface area (Å²) in [5.74, 6) is 5.91. The summed E-state index contributed by atoms with van der Waals surface area (Å²) in [4.78, 5) is 12.0. The lowest BCUT2D eigenvalue weighted by atomic mass is 10.1. The molecule has 0 saturated heterocycles. The summed E-state index contributed by atoms with van der Waals surface area (Å²) >= 11 is 6.05. The molecule has 0 spiro atoms. The van der Waals surface area contributed by atoms with Crippen LogP contribution in [0.4, 0.5) is 5.95 Å². The van der Waals surface area contributed by atoms with E-state index in [2.05, 4.69) is 15.5 Å². The van der Waals surface area contributed by atoms with E-state index in [1.54, 1.807) is 6.07 Å². The summed E-state index contributed by atoms with van der Waals surface area (Å²) in [7, 11) is 0. The van der Waals surface area contributed by atoms with Crippen molar-refractivity contribution in [3.05, 3.63) is 50.9 Å². The zero-order valence-corrected chi connectivity index (χ0v) is 12.1. The number of hydrogen-bond acceptors (Lipinski definition) is 5. The van der Waals surface area contributed by atoms with Crippen molar-refractivity contribution in [3.8, 4) is 0 Å². The quantitative estimate of drug-likeness (QED) is 0.839. The largest absolute Gasteiger partial charge is 0.349 e. The van der Waals surface area contributed by atoms with Crippen LogP contribution < -0.4 is 16.7 Å². The van der Waals surface area contributed by atoms with Gasteiger partial charge in [-0.05, 0) is 11.6 Å². The minimum Gasteiger partial charge on any atom is -0.349 e. The van der Waals surface area contributed by atoms with Crippen LogP contribution in [0.15, 0.2) is 29.1 Å². The van der Waals surface area contributed by atoms with Crippen LogP contribution in [0.5, 0.6) is 0 Å². The van der Waals surface area contributed by atoms with E-state index in [4.69, 9.17) is 17.4 Å². The Morgan fingerprint density at radius 2 is 2.05 bits per heavy atom. The van der Waals surface area contributed by atoms with Crippen LogP contribution in [0.25, 0.3) is 0 Å². The van der Waals surface area contributed by atoms with Gasteiger partial charge in [-0.1, -0.05) is 43.6 Å². The van der Waals surface area contributed by atoms with Gasteiger partial charge in [0.1, 0.15) is 5.69 Å². The van der Waals surface area contributed by atoms with Crippen molar-refractivity contribution >= 4 is 17.5 Å². The zero-order valence-electron chi connectivity index (χ0n) is 11.3. The monoisotopic (exact) mass is 293 g/mol. The van der Waals surface area contributed by atoms with Gasteiger partial charge in [-0.3, -0.25) is 4.79 Å². The molecule has 0 atom stereocenters. The Balaban J connectivity index is 2.21. The van der Waals surface area contributed by atoms with Crippen molar-refractivity contribution in [1.29, 1.82) is 0 Å². The molecule has 2 rings (SSSR count). The molecule has 106 valence electrons. The molecular weight excluding hydrogens is 278 g/mol. The highest BCUT2D eigenvalue weighted by Crippen LogP contribution is 2.15. The third-order valence-electron chi connectivity index (χ3n) is 2.86. The first-order valence-electron chi connectivity index (χ1n) is 6.22. The molecule has 7 heteroatoms. The van der Waals surface area contributed by atoms with Gasteiger partial charge in [-0.2, -0.15) is 4.68 Å². The SMILES string of the molecule is CC(C)c1nnc(NCc2ccccc2Cl)n(N)c1=O. The minimum absolute atomic E-state index is 0.0255. The van der Waals surface area contributed by atoms with Crippen molar-refractivity contribution in [3.63, 3.8) is 0 Å². The van der Waals surface area contributed by atoms with Crippen LogP contribution >= 0.6 is 11.6 Å². The number of nitrogens with zero attached hydrogens (tertiary/aromatic N) is 3. The third kappa shape index (κ3) is 2.91. The highest BCUT2D eigenvalue weighted by Gasteiger charge is 2.12. The number of hydrogen-bond donors (Lipinski definition) is 2. The van der Waals surface area contributed by atoms with Crippen LogP contribution in [-0.2, 0) is 6.54 Å². The molecule has 2 aromatic rings. The Bertz CT molecular complexity index is 668. The number of benzene rings is 1. The second-order valence-electron chi connectivity index (χ2n) is 4.68. The number of nitrogens with one attached hydrogen (secondary N) is 1. The molecular formula is C13H16ClN5O. The Morgan fingerprint density at radius 3 is 2.70 bits per heavy atom. The molecule has 0 aliphatic rings. The van der Waals surface area contributed by atoms with E-state index in [0.29, 0.717) is 17.3 Å². The number of anilines is 1. The Labute approximate surface area is 121 Å². The van der Waals surface area contributed by atoms with Crippen molar-refractivity contribution in [2.75, 3.05) is 11.2 Å². The van der Waals surface area contributed by atoms with Crippen molar-refractivity contribution < 1.29 is 0 Å². The van der Waals surface area contributed by atoms with E-state index in [9.17, 15) is 4.79 Å². The van der Waals surface area contributed by atoms with Crippen molar-refractivity contribution in [2.24, 2.45) is 0 Å². The molecule has 0 amide bonds. The molecule has 0 radical (unpaired) electrons. The molecule has 0 aliphatic heterocycles. The molecule has 20 heavy (non-hydrogen) atoms. The third-order valence-corrected chi connectivity index (χ3v) is 3.23. The number of halogens is 1. The first kappa shape index (κ1) is 14.3. The van der Waals surface area contributed by atoms with E-state index in [1.165, 1.54) is 0 Å². The lowest BCUT2D eigenvalue weighted by Crippen LogP contribution is -2.34. The number of aromatic nitrogens is 3. The average molecular weight is 294 g/mol. The summed E-state index contributed by atoms with van der Waals surface area (Å²) in [6.45, 7) is 4.14. The first-order valence-corrected chi connectivity index (χ1v) is 6.60. The van der Waals surface area contributed by atoms with Gasteiger partial charge in [0.2, 0.25) is 5.95 Å². The van der Waals surface area contributed by atoms with Crippen LogP contribution in [0, 0.1) is 0 Å². The number of rotatable bonds is 4. The van der Waals surface area contributed by atoms with Crippen LogP contribution in [0.3, 0.4) is 0 Å². The number of nitrogens with two attached hydrogens (primary N) is 1. The fraction of sp³-hybridized carbons (Fsp3) is 0.308. The fourth-order valence-electron chi connectivity index (χ4n) is 1.71. The maximum atomic E-state index is 12.0. The molecule has 0 fully saturated rings. The predicted octanol–water partition coefficient (Wildman–Crippen LogP) is 1.74. The molecule has 1 aromatic heterocycles. The van der Waals surface area contributed by atoms with E-state index < -0.39 is 0 Å². The highest BCUT2D eigenvalue weighted by atomic mass is 35.5. The molecule has 0 unspecified atom stereocenters. The van der Waals surface area contributed by atoms with Crippen LogP contribution in [-0.4, -0.2) is 14.9 Å². The smallest absolute Gasteiger partial charge is 0.295 e. The van der Waals surface area contributed by atoms with Gasteiger partial charge in [0.25, 0.3) is 5.56 Å². The van der Waals surface area contributed by atoms with Crippen molar-refractivity contribution in [2.45, 2.75) is 26.3 Å². The molecule has 0 aliphatic carbocycles. The Hall–Kier alpha value is -2.08. The molecule has 3 N–H and O–H groups in total. The van der Waals surface area contributed by atoms with Gasteiger partial charge in [-0.15, -0.1) is 10.2 Å². The fourth-order valence-corrected chi connectivity index (χ4v) is 1.91. The summed E-state index contributed by atoms with van der Waals surface area (Å²) in [5.41, 5.74) is 0.879. The van der Waals surface area contributed by atoms with E-state index >= 15 is 0 Å². The molecule has 0 bridgehead atoms. The lowest BCUT2D eigenvalue weighted by molar-refractivity contribution is 0.711. The predicted molar refractivity (Wildman–Crippen MR) is 79.3 cm³/mol. The van der Waals surface area contributed by atoms with Crippen LogP contribution in [0.1, 0.15) is 31.0 Å². The van der Waals surface area contributed by atoms with Gasteiger partial charge in [0.05, 0.1) is 0 Å². The molecule has 1 aromatic carbocycles. The molecule has 6 nitrogen and oxygen atoms in total. The number of nitrogen functional groups attached to an aromatic ring is 1. The second kappa shape index (κ2) is 5.92. The summed E-state index contributed by atoms with van der Waals surface area (Å²) < 4.78 is 0.971. The average Bonchev–Trinajstić information content (AvgIpc) is 2.41. The summed E-state index contributed by atoms with van der Waals surface area (Å²) in [6.07, 6.45) is 0. The molecule has 0 saturated carbocycles. The zero-order chi connectivity index (χ0) is 14.7. The molecule has 1 heterocycles. The van der Waals surface area contributed by atoms with Gasteiger partial charge in [0, 0.05) is 17.5 Å². The van der Waals surface area contributed by atoms with Gasteiger partial charge in [-0.25, -0.2) is 0 Å². The summed E-state index contributed by atoms with van der Waals surface area (Å²) in [6, 6.07) is 7.40. The Morgan fingerprint density at radius 1 is 1.35 bits per heavy atom. The minimum atomic E-state index is -0.350. The van der Waals surface area contributed by atoms with Gasteiger partial charge < -0.3 is 11.2 Å². The van der Waals surface area contributed by atoms with Gasteiger partial charge >= 0.3 is 0 Å². The van der Waals surface area contributed by atoms with Crippen molar-refractivity contribution in [1.82, 2.24) is 14.9 Å². The standard InChI is InChI=1S/C13H16ClN5O/c1-8(2)11-12(20)19(15)13(18-17-11)16-7-9-5-3-4-6-10(9)14/h3-6,8H,7,15H2,1-2H3,(H,16,18). The highest BCUT2D eigenvalue weighted by molar-refractivity contribution is 6.31. The van der Waals surface area contributed by atoms with Gasteiger partial charge in [0.15, 0.2) is 0 Å². The Kier molecular flexibility index (Phi) is 4.24. The second-order valence-corrected chi connectivity index (χ2v) is 5.09. The summed E-state index contributed by atoms with van der Waals surface area (Å²) in [5, 5.41) is 11.4. The van der Waals surface area contributed by atoms with E-state index in [-0.39, 0.29) is 17.4 Å². The lowest BCUT2D eigenvalue weighted by Gasteiger charge is -2.11. The normalized spacial score (nSPS) is 10.8. The van der Waals surface area contributed by atoms with E-state index in [0.717, 1.165) is 10.2 Å². The maximum Gasteiger partial charge on any atom is 0.295 e. The topological polar surface area (TPSA) is 85.8 Å². The maximum absolute atomic E-state index is 12.0.